The molecule has 6 heteroatoms. The maximum absolute atomic E-state index is 9.28. The Balaban J connectivity index is 1.85. The molecule has 0 saturated heterocycles. The van der Waals surface area contributed by atoms with Crippen molar-refractivity contribution >= 4 is 5.82 Å². The molecule has 0 unspecified atom stereocenters. The summed E-state index contributed by atoms with van der Waals surface area (Å²) in [5, 5.41) is 17.2. The van der Waals surface area contributed by atoms with Gasteiger partial charge in [0.2, 0.25) is 0 Å². The van der Waals surface area contributed by atoms with E-state index >= 15 is 0 Å². The van der Waals surface area contributed by atoms with E-state index in [-0.39, 0.29) is 6.61 Å². The number of furan rings is 1. The molecule has 0 fully saturated rings. The van der Waals surface area contributed by atoms with E-state index in [1.165, 1.54) is 0 Å². The molecular formula is C18H21N3O3. The van der Waals surface area contributed by atoms with E-state index < -0.39 is 0 Å². The van der Waals surface area contributed by atoms with Gasteiger partial charge in [0.05, 0.1) is 38.8 Å². The van der Waals surface area contributed by atoms with Crippen LogP contribution in [0, 0.1) is 6.92 Å². The lowest BCUT2D eigenvalue weighted by Gasteiger charge is -2.07. The van der Waals surface area contributed by atoms with E-state index in [0.29, 0.717) is 13.1 Å². The quantitative estimate of drug-likeness (QED) is 0.698. The van der Waals surface area contributed by atoms with Crippen LogP contribution in [0.1, 0.15) is 11.3 Å². The summed E-state index contributed by atoms with van der Waals surface area (Å²) in [6.45, 7) is 3.01. The van der Waals surface area contributed by atoms with Gasteiger partial charge in [0, 0.05) is 11.6 Å². The fraction of sp³-hybridized carbons (Fsp3) is 0.278. The molecule has 126 valence electrons. The zero-order valence-corrected chi connectivity index (χ0v) is 13.8. The Morgan fingerprint density at radius 2 is 2.17 bits per heavy atom. The maximum Gasteiger partial charge on any atom is 0.125 e. The normalized spacial score (nSPS) is 10.8. The number of nitrogens with one attached hydrogen (secondary N) is 1. The Kier molecular flexibility index (Phi) is 4.86. The molecule has 2 N–H and O–H groups in total. The number of aromatic nitrogens is 2. The smallest absolute Gasteiger partial charge is 0.125 e. The minimum Gasteiger partial charge on any atom is -0.497 e. The number of aryl methyl sites for hydroxylation is 1. The SMILES string of the molecule is COc1cccc(-c2cc(NCc3occc3C)n(CCO)n2)c1. The molecule has 0 amide bonds. The van der Waals surface area contributed by atoms with Crippen molar-refractivity contribution in [2.24, 2.45) is 0 Å². The molecule has 2 heterocycles. The van der Waals surface area contributed by atoms with E-state index in [1.807, 2.05) is 43.3 Å². The van der Waals surface area contributed by atoms with Crippen molar-refractivity contribution in [2.75, 3.05) is 19.0 Å². The van der Waals surface area contributed by atoms with Gasteiger partial charge in [-0.1, -0.05) is 12.1 Å². The summed E-state index contributed by atoms with van der Waals surface area (Å²) in [6, 6.07) is 11.6. The Bertz CT molecular complexity index is 807. The largest absolute Gasteiger partial charge is 0.497 e. The van der Waals surface area contributed by atoms with Gasteiger partial charge in [-0.25, -0.2) is 4.68 Å². The second-order valence-corrected chi connectivity index (χ2v) is 5.47. The lowest BCUT2D eigenvalue weighted by molar-refractivity contribution is 0.270. The van der Waals surface area contributed by atoms with Crippen LogP contribution in [0.2, 0.25) is 0 Å². The third kappa shape index (κ3) is 3.44. The molecule has 1 aromatic carbocycles. The maximum atomic E-state index is 9.28. The van der Waals surface area contributed by atoms with Crippen LogP contribution in [-0.2, 0) is 13.1 Å². The average Bonchev–Trinajstić information content (AvgIpc) is 3.19. The summed E-state index contributed by atoms with van der Waals surface area (Å²) in [4.78, 5) is 0. The first kappa shape index (κ1) is 16.1. The number of rotatable bonds is 7. The molecule has 0 aliphatic carbocycles. The molecule has 0 aliphatic rings. The molecule has 0 saturated carbocycles. The number of aliphatic hydroxyl groups is 1. The molecule has 0 aliphatic heterocycles. The fourth-order valence-electron chi connectivity index (χ4n) is 2.50. The molecule has 6 nitrogen and oxygen atoms in total. The van der Waals surface area contributed by atoms with Crippen LogP contribution in [0.25, 0.3) is 11.3 Å². The molecule has 24 heavy (non-hydrogen) atoms. The summed E-state index contributed by atoms with van der Waals surface area (Å²) in [7, 11) is 1.64. The number of benzene rings is 1. The third-order valence-corrected chi connectivity index (χ3v) is 3.86. The lowest BCUT2D eigenvalue weighted by atomic mass is 10.1. The van der Waals surface area contributed by atoms with Gasteiger partial charge in [0.15, 0.2) is 0 Å². The Hall–Kier alpha value is -2.73. The Labute approximate surface area is 140 Å². The van der Waals surface area contributed by atoms with Crippen molar-refractivity contribution in [3.05, 3.63) is 54.0 Å². The van der Waals surface area contributed by atoms with Gasteiger partial charge < -0.3 is 19.6 Å². The molecular weight excluding hydrogens is 306 g/mol. The highest BCUT2D eigenvalue weighted by Crippen LogP contribution is 2.26. The molecule has 0 atom stereocenters. The van der Waals surface area contributed by atoms with E-state index in [2.05, 4.69) is 10.4 Å². The van der Waals surface area contributed by atoms with Crippen LogP contribution in [0.4, 0.5) is 5.82 Å². The van der Waals surface area contributed by atoms with Gasteiger partial charge in [-0.05, 0) is 30.7 Å². The van der Waals surface area contributed by atoms with E-state index in [4.69, 9.17) is 9.15 Å². The molecule has 3 aromatic rings. The highest BCUT2D eigenvalue weighted by Gasteiger charge is 2.11. The minimum atomic E-state index is 0.0215. The average molecular weight is 327 g/mol. The summed E-state index contributed by atoms with van der Waals surface area (Å²) in [5.74, 6) is 2.50. The van der Waals surface area contributed by atoms with Crippen LogP contribution in [-0.4, -0.2) is 28.6 Å². The zero-order chi connectivity index (χ0) is 16.9. The summed E-state index contributed by atoms with van der Waals surface area (Å²) < 4.78 is 12.5. The van der Waals surface area contributed by atoms with E-state index in [1.54, 1.807) is 18.1 Å². The van der Waals surface area contributed by atoms with Crippen LogP contribution < -0.4 is 10.1 Å². The van der Waals surface area contributed by atoms with Crippen molar-refractivity contribution in [3.8, 4) is 17.0 Å². The van der Waals surface area contributed by atoms with Gasteiger partial charge in [-0.2, -0.15) is 5.10 Å². The summed E-state index contributed by atoms with van der Waals surface area (Å²) in [5.41, 5.74) is 2.88. The number of nitrogens with zero attached hydrogens (tertiary/aromatic N) is 2. The topological polar surface area (TPSA) is 72.5 Å². The first-order chi connectivity index (χ1) is 11.7. The van der Waals surface area contributed by atoms with Gasteiger partial charge in [0.1, 0.15) is 17.3 Å². The highest BCUT2D eigenvalue weighted by molar-refractivity contribution is 5.64. The van der Waals surface area contributed by atoms with Gasteiger partial charge in [-0.3, -0.25) is 0 Å². The number of ether oxygens (including phenoxy) is 1. The standard InChI is InChI=1S/C18H21N3O3/c1-13-6-9-24-17(13)12-19-18-11-16(20-21(18)7-8-22)14-4-3-5-15(10-14)23-2/h3-6,9-11,19,22H,7-8,12H2,1-2H3. The van der Waals surface area contributed by atoms with E-state index in [0.717, 1.165) is 34.1 Å². The predicted octanol–water partition coefficient (Wildman–Crippen LogP) is 3.06. The number of hydrogen-bond acceptors (Lipinski definition) is 5. The molecule has 0 bridgehead atoms. The first-order valence-electron chi connectivity index (χ1n) is 7.81. The number of anilines is 1. The predicted molar refractivity (Wildman–Crippen MR) is 92.1 cm³/mol. The van der Waals surface area contributed by atoms with Crippen molar-refractivity contribution < 1.29 is 14.3 Å². The highest BCUT2D eigenvalue weighted by atomic mass is 16.5. The minimum absolute atomic E-state index is 0.0215. The fourth-order valence-corrected chi connectivity index (χ4v) is 2.50. The van der Waals surface area contributed by atoms with Crippen LogP contribution in [0.15, 0.2) is 47.1 Å². The molecule has 0 radical (unpaired) electrons. The van der Waals surface area contributed by atoms with Gasteiger partial charge in [-0.15, -0.1) is 0 Å². The third-order valence-electron chi connectivity index (χ3n) is 3.86. The molecule has 3 rings (SSSR count). The van der Waals surface area contributed by atoms with Crippen LogP contribution in [0.3, 0.4) is 0 Å². The molecule has 2 aromatic heterocycles. The number of aliphatic hydroxyl groups excluding tert-OH is 1. The Morgan fingerprint density at radius 3 is 2.88 bits per heavy atom. The monoisotopic (exact) mass is 327 g/mol. The van der Waals surface area contributed by atoms with Crippen molar-refractivity contribution in [3.63, 3.8) is 0 Å². The van der Waals surface area contributed by atoms with Crippen molar-refractivity contribution in [2.45, 2.75) is 20.0 Å². The van der Waals surface area contributed by atoms with Crippen LogP contribution >= 0.6 is 0 Å². The van der Waals surface area contributed by atoms with Gasteiger partial charge in [0.25, 0.3) is 0 Å². The summed E-state index contributed by atoms with van der Waals surface area (Å²) >= 11 is 0. The van der Waals surface area contributed by atoms with Crippen molar-refractivity contribution in [1.82, 2.24) is 9.78 Å². The second kappa shape index (κ2) is 7.23. The van der Waals surface area contributed by atoms with Crippen molar-refractivity contribution in [1.29, 1.82) is 0 Å². The molecule has 0 spiro atoms. The zero-order valence-electron chi connectivity index (χ0n) is 13.8. The Morgan fingerprint density at radius 1 is 1.29 bits per heavy atom. The second-order valence-electron chi connectivity index (χ2n) is 5.47. The van der Waals surface area contributed by atoms with E-state index in [9.17, 15) is 5.11 Å². The summed E-state index contributed by atoms with van der Waals surface area (Å²) in [6.07, 6.45) is 1.68. The van der Waals surface area contributed by atoms with Gasteiger partial charge >= 0.3 is 0 Å². The number of hydrogen-bond donors (Lipinski definition) is 2. The lowest BCUT2D eigenvalue weighted by Crippen LogP contribution is -2.10. The number of methoxy groups -OCH3 is 1. The van der Waals surface area contributed by atoms with Crippen LogP contribution in [0.5, 0.6) is 5.75 Å². The first-order valence-corrected chi connectivity index (χ1v) is 7.81.